The van der Waals surface area contributed by atoms with Crippen molar-refractivity contribution in [2.45, 2.75) is 0 Å². The Morgan fingerprint density at radius 3 is 2.15 bits per heavy atom. The minimum absolute atomic E-state index is 0.0521. The summed E-state index contributed by atoms with van der Waals surface area (Å²) in [5.74, 6) is -2.59. The third-order valence-electron chi connectivity index (χ3n) is 2.60. The van der Waals surface area contributed by atoms with Crippen molar-refractivity contribution in [1.82, 2.24) is 0 Å². The Morgan fingerprint density at radius 2 is 1.60 bits per heavy atom. The van der Waals surface area contributed by atoms with Crippen molar-refractivity contribution in [3.63, 3.8) is 0 Å². The molecular formula is C14H11NO5. The molecule has 0 spiro atoms. The summed E-state index contributed by atoms with van der Waals surface area (Å²) in [6, 6.07) is 10.8. The Labute approximate surface area is 114 Å². The number of rotatable bonds is 4. The van der Waals surface area contributed by atoms with Crippen molar-refractivity contribution in [1.29, 1.82) is 0 Å². The van der Waals surface area contributed by atoms with Gasteiger partial charge in [0.1, 0.15) is 11.3 Å². The van der Waals surface area contributed by atoms with E-state index in [0.29, 0.717) is 5.75 Å². The van der Waals surface area contributed by atoms with Gasteiger partial charge in [-0.15, -0.1) is 0 Å². The van der Waals surface area contributed by atoms with Gasteiger partial charge in [-0.05, 0) is 24.3 Å². The number of carboxylic acids is 2. The lowest BCUT2D eigenvalue weighted by molar-refractivity contribution is 0.0649. The highest BCUT2D eigenvalue weighted by Crippen LogP contribution is 2.33. The van der Waals surface area contributed by atoms with Crippen LogP contribution in [-0.2, 0) is 0 Å². The molecule has 102 valence electrons. The number of hydrogen-bond donors (Lipinski definition) is 3. The molecule has 0 bridgehead atoms. The quantitative estimate of drug-likeness (QED) is 0.738. The number of para-hydroxylation sites is 1. The molecule has 0 heterocycles. The van der Waals surface area contributed by atoms with E-state index in [-0.39, 0.29) is 17.0 Å². The third kappa shape index (κ3) is 2.54. The molecule has 0 aromatic heterocycles. The van der Waals surface area contributed by atoms with E-state index in [1.54, 1.807) is 30.3 Å². The van der Waals surface area contributed by atoms with E-state index in [9.17, 15) is 14.7 Å². The number of hydrogen-bond acceptors (Lipinski definition) is 4. The van der Waals surface area contributed by atoms with E-state index >= 15 is 0 Å². The van der Waals surface area contributed by atoms with Crippen LogP contribution in [0.5, 0.6) is 11.5 Å². The first kappa shape index (κ1) is 13.4. The smallest absolute Gasteiger partial charge is 0.340 e. The lowest BCUT2D eigenvalue weighted by Crippen LogP contribution is -2.11. The lowest BCUT2D eigenvalue weighted by atomic mass is 10.1. The van der Waals surface area contributed by atoms with E-state index in [0.717, 1.165) is 6.07 Å². The Balaban J connectivity index is 2.59. The summed E-state index contributed by atoms with van der Waals surface area (Å²) in [7, 11) is 0. The molecule has 0 saturated heterocycles. The van der Waals surface area contributed by atoms with Crippen LogP contribution >= 0.6 is 0 Å². The summed E-state index contributed by atoms with van der Waals surface area (Å²) >= 11 is 0. The van der Waals surface area contributed by atoms with Crippen molar-refractivity contribution in [3.8, 4) is 11.5 Å². The molecule has 0 radical (unpaired) electrons. The minimum atomic E-state index is -1.42. The van der Waals surface area contributed by atoms with E-state index in [2.05, 4.69) is 0 Å². The summed E-state index contributed by atoms with van der Waals surface area (Å²) in [6.07, 6.45) is 0. The maximum Gasteiger partial charge on any atom is 0.340 e. The van der Waals surface area contributed by atoms with Gasteiger partial charge in [0.2, 0.25) is 0 Å². The van der Waals surface area contributed by atoms with Crippen molar-refractivity contribution in [2.24, 2.45) is 0 Å². The van der Waals surface area contributed by atoms with Crippen LogP contribution in [0.3, 0.4) is 0 Å². The number of carbonyl (C=O) groups is 2. The molecule has 20 heavy (non-hydrogen) atoms. The Morgan fingerprint density at radius 1 is 0.950 bits per heavy atom. The molecule has 0 amide bonds. The van der Waals surface area contributed by atoms with E-state index in [4.69, 9.17) is 15.6 Å². The van der Waals surface area contributed by atoms with Crippen molar-refractivity contribution in [3.05, 3.63) is 53.6 Å². The number of ether oxygens (including phenoxy) is 1. The molecule has 2 aromatic carbocycles. The van der Waals surface area contributed by atoms with Crippen molar-refractivity contribution >= 4 is 17.6 Å². The first-order valence-electron chi connectivity index (χ1n) is 5.62. The number of nitrogen functional groups attached to an aromatic ring is 1. The van der Waals surface area contributed by atoms with Gasteiger partial charge in [0, 0.05) is 0 Å². The number of nitrogens with two attached hydrogens (primary N) is 1. The summed E-state index contributed by atoms with van der Waals surface area (Å²) in [6.45, 7) is 0. The molecule has 0 fully saturated rings. The van der Waals surface area contributed by atoms with Gasteiger partial charge in [-0.3, -0.25) is 0 Å². The summed E-state index contributed by atoms with van der Waals surface area (Å²) in [5.41, 5.74) is 4.90. The van der Waals surface area contributed by atoms with Crippen LogP contribution in [0, 0.1) is 0 Å². The zero-order chi connectivity index (χ0) is 14.7. The van der Waals surface area contributed by atoms with Gasteiger partial charge in [0.25, 0.3) is 0 Å². The third-order valence-corrected chi connectivity index (χ3v) is 2.60. The number of anilines is 1. The average molecular weight is 273 g/mol. The predicted octanol–water partition coefficient (Wildman–Crippen LogP) is 2.46. The fraction of sp³-hybridized carbons (Fsp3) is 0. The maximum absolute atomic E-state index is 11.3. The van der Waals surface area contributed by atoms with E-state index in [1.165, 1.54) is 6.07 Å². The van der Waals surface area contributed by atoms with Crippen LogP contribution in [-0.4, -0.2) is 22.2 Å². The van der Waals surface area contributed by atoms with Crippen LogP contribution in [0.15, 0.2) is 42.5 Å². The molecule has 0 aliphatic rings. The molecule has 6 heteroatoms. The average Bonchev–Trinajstić information content (AvgIpc) is 2.41. The molecule has 0 saturated carbocycles. The Kier molecular flexibility index (Phi) is 3.56. The highest BCUT2D eigenvalue weighted by atomic mass is 16.5. The second-order valence-electron chi connectivity index (χ2n) is 3.93. The van der Waals surface area contributed by atoms with Gasteiger partial charge in [-0.1, -0.05) is 18.2 Å². The predicted molar refractivity (Wildman–Crippen MR) is 71.3 cm³/mol. The molecular weight excluding hydrogens is 262 g/mol. The zero-order valence-corrected chi connectivity index (χ0v) is 10.2. The van der Waals surface area contributed by atoms with Gasteiger partial charge in [0.05, 0.1) is 11.3 Å². The zero-order valence-electron chi connectivity index (χ0n) is 10.2. The SMILES string of the molecule is Nc1ccc(C(=O)O)c(C(=O)O)c1Oc1ccccc1. The fourth-order valence-corrected chi connectivity index (χ4v) is 1.71. The maximum atomic E-state index is 11.3. The molecule has 4 N–H and O–H groups in total. The number of carboxylic acid groups (broad SMARTS) is 2. The first-order valence-corrected chi connectivity index (χ1v) is 5.62. The Bertz CT molecular complexity index is 667. The Hall–Kier alpha value is -3.02. The van der Waals surface area contributed by atoms with Gasteiger partial charge >= 0.3 is 11.9 Å². The monoisotopic (exact) mass is 273 g/mol. The first-order chi connectivity index (χ1) is 9.50. The van der Waals surface area contributed by atoms with Gasteiger partial charge in [-0.2, -0.15) is 0 Å². The molecule has 0 unspecified atom stereocenters. The van der Waals surface area contributed by atoms with E-state index < -0.39 is 17.5 Å². The standard InChI is InChI=1S/C14H11NO5/c15-10-7-6-9(13(16)17)11(14(18)19)12(10)20-8-4-2-1-3-5-8/h1-7H,15H2,(H,16,17)(H,18,19). The number of benzene rings is 2. The lowest BCUT2D eigenvalue weighted by Gasteiger charge is -2.13. The van der Waals surface area contributed by atoms with Gasteiger partial charge < -0.3 is 20.7 Å². The van der Waals surface area contributed by atoms with Crippen LogP contribution < -0.4 is 10.5 Å². The molecule has 0 aliphatic carbocycles. The van der Waals surface area contributed by atoms with Crippen molar-refractivity contribution in [2.75, 3.05) is 5.73 Å². The molecule has 0 aliphatic heterocycles. The minimum Gasteiger partial charge on any atom is -0.478 e. The summed E-state index contributed by atoms with van der Waals surface area (Å²) in [4.78, 5) is 22.4. The van der Waals surface area contributed by atoms with E-state index in [1.807, 2.05) is 0 Å². The second-order valence-corrected chi connectivity index (χ2v) is 3.93. The van der Waals surface area contributed by atoms with Crippen LogP contribution in [0.2, 0.25) is 0 Å². The summed E-state index contributed by atoms with van der Waals surface area (Å²) in [5, 5.41) is 18.2. The van der Waals surface area contributed by atoms with Gasteiger partial charge in [-0.25, -0.2) is 9.59 Å². The topological polar surface area (TPSA) is 110 Å². The van der Waals surface area contributed by atoms with Gasteiger partial charge in [0.15, 0.2) is 5.75 Å². The fourth-order valence-electron chi connectivity index (χ4n) is 1.71. The normalized spacial score (nSPS) is 10.0. The second kappa shape index (κ2) is 5.31. The highest BCUT2D eigenvalue weighted by molar-refractivity contribution is 6.05. The molecule has 2 rings (SSSR count). The molecule has 2 aromatic rings. The van der Waals surface area contributed by atoms with Crippen molar-refractivity contribution < 1.29 is 24.5 Å². The highest BCUT2D eigenvalue weighted by Gasteiger charge is 2.24. The molecule has 0 atom stereocenters. The van der Waals surface area contributed by atoms with Crippen LogP contribution in [0.25, 0.3) is 0 Å². The van der Waals surface area contributed by atoms with Crippen LogP contribution in [0.4, 0.5) is 5.69 Å². The summed E-state index contributed by atoms with van der Waals surface area (Å²) < 4.78 is 5.42. The number of aromatic carboxylic acids is 2. The molecule has 6 nitrogen and oxygen atoms in total. The van der Waals surface area contributed by atoms with Crippen LogP contribution in [0.1, 0.15) is 20.7 Å². The largest absolute Gasteiger partial charge is 0.478 e.